The van der Waals surface area contributed by atoms with Gasteiger partial charge in [0.2, 0.25) is 0 Å². The Balaban J connectivity index is 1.55. The zero-order valence-electron chi connectivity index (χ0n) is 20.1. The maximum absolute atomic E-state index is 11.6. The maximum atomic E-state index is 11.6. The number of carbonyl (C=O) groups is 1. The first-order valence-corrected chi connectivity index (χ1v) is 12.8. The van der Waals surface area contributed by atoms with Crippen molar-refractivity contribution in [3.63, 3.8) is 0 Å². The lowest BCUT2D eigenvalue weighted by molar-refractivity contribution is -0.147. The molecule has 0 amide bonds. The first-order valence-electron chi connectivity index (χ1n) is 12.3. The average Bonchev–Trinajstić information content (AvgIpc) is 3.09. The standard InChI is InChI=1S/C29H37ClO4/c1-20(2)34-28(33)13-9-4-3-8-12-24-25(30)19-27(32)29(24)23-16-14-22(15-17-23)26(31)18-21-10-6-5-7-11-21/h3,5-8,10-11,14-17,20,24-27,29,31-32H,4,9,12-13,18-19H2,1-2H3/b8-3-/t24-,25-,26?,27+,29+/m0/s1. The molecule has 0 aliphatic heterocycles. The number of ether oxygens (including phenoxy) is 1. The number of aliphatic hydroxyl groups excluding tert-OH is 2. The van der Waals surface area contributed by atoms with Crippen LogP contribution in [0.15, 0.2) is 66.7 Å². The minimum absolute atomic E-state index is 0.0338. The molecule has 5 heteroatoms. The van der Waals surface area contributed by atoms with Crippen molar-refractivity contribution in [1.29, 1.82) is 0 Å². The molecule has 0 spiro atoms. The first-order chi connectivity index (χ1) is 16.3. The summed E-state index contributed by atoms with van der Waals surface area (Å²) in [6, 6.07) is 17.9. The van der Waals surface area contributed by atoms with Gasteiger partial charge in [-0.05, 0) is 62.1 Å². The summed E-state index contributed by atoms with van der Waals surface area (Å²) in [6.45, 7) is 3.71. The summed E-state index contributed by atoms with van der Waals surface area (Å²) >= 11 is 6.62. The zero-order valence-corrected chi connectivity index (χ0v) is 20.9. The van der Waals surface area contributed by atoms with E-state index < -0.39 is 12.2 Å². The van der Waals surface area contributed by atoms with Gasteiger partial charge in [-0.3, -0.25) is 4.79 Å². The Bertz CT molecular complexity index is 909. The van der Waals surface area contributed by atoms with Gasteiger partial charge in [-0.2, -0.15) is 0 Å². The number of allylic oxidation sites excluding steroid dienone is 2. The van der Waals surface area contributed by atoms with E-state index in [9.17, 15) is 15.0 Å². The number of unbranched alkanes of at least 4 members (excludes halogenated alkanes) is 1. The highest BCUT2D eigenvalue weighted by molar-refractivity contribution is 6.21. The molecule has 0 heterocycles. The molecule has 1 saturated carbocycles. The molecule has 2 N–H and O–H groups in total. The zero-order chi connectivity index (χ0) is 24.5. The summed E-state index contributed by atoms with van der Waals surface area (Å²) in [6.07, 6.45) is 7.02. The van der Waals surface area contributed by atoms with Crippen molar-refractivity contribution in [2.45, 2.75) is 82.0 Å². The average molecular weight is 485 g/mol. The van der Waals surface area contributed by atoms with E-state index in [0.29, 0.717) is 19.3 Å². The lowest BCUT2D eigenvalue weighted by atomic mass is 9.84. The van der Waals surface area contributed by atoms with Gasteiger partial charge in [0.05, 0.1) is 18.3 Å². The fourth-order valence-corrected chi connectivity index (χ4v) is 5.22. The normalized spacial score (nSPS) is 23.5. The van der Waals surface area contributed by atoms with Crippen LogP contribution in [0.25, 0.3) is 0 Å². The molecule has 2 aromatic rings. The lowest BCUT2D eigenvalue weighted by Gasteiger charge is -2.23. The number of hydrogen-bond donors (Lipinski definition) is 2. The van der Waals surface area contributed by atoms with Gasteiger partial charge in [-0.15, -0.1) is 11.6 Å². The predicted octanol–water partition coefficient (Wildman–Crippen LogP) is 6.10. The molecular weight excluding hydrogens is 448 g/mol. The third-order valence-electron chi connectivity index (χ3n) is 6.48. The van der Waals surface area contributed by atoms with Gasteiger partial charge in [-0.1, -0.05) is 66.7 Å². The van der Waals surface area contributed by atoms with E-state index in [1.54, 1.807) is 0 Å². The van der Waals surface area contributed by atoms with Gasteiger partial charge >= 0.3 is 5.97 Å². The number of aliphatic hydroxyl groups is 2. The van der Waals surface area contributed by atoms with E-state index in [2.05, 4.69) is 12.2 Å². The van der Waals surface area contributed by atoms with Crippen LogP contribution in [0.4, 0.5) is 0 Å². The molecule has 1 aliphatic rings. The minimum Gasteiger partial charge on any atom is -0.463 e. The third kappa shape index (κ3) is 7.69. The largest absolute Gasteiger partial charge is 0.463 e. The highest BCUT2D eigenvalue weighted by Gasteiger charge is 2.41. The summed E-state index contributed by atoms with van der Waals surface area (Å²) in [4.78, 5) is 11.6. The monoisotopic (exact) mass is 484 g/mol. The summed E-state index contributed by atoms with van der Waals surface area (Å²) in [5, 5.41) is 21.3. The maximum Gasteiger partial charge on any atom is 0.306 e. The van der Waals surface area contributed by atoms with E-state index >= 15 is 0 Å². The molecule has 5 atom stereocenters. The molecule has 184 valence electrons. The molecule has 1 fully saturated rings. The van der Waals surface area contributed by atoms with Crippen LogP contribution in [0.2, 0.25) is 0 Å². The molecule has 2 aromatic carbocycles. The second-order valence-corrected chi connectivity index (χ2v) is 10.1. The summed E-state index contributed by atoms with van der Waals surface area (Å²) in [5.74, 6) is -0.0482. The topological polar surface area (TPSA) is 66.8 Å². The highest BCUT2D eigenvalue weighted by atomic mass is 35.5. The predicted molar refractivity (Wildman–Crippen MR) is 137 cm³/mol. The summed E-state index contributed by atoms with van der Waals surface area (Å²) in [7, 11) is 0. The Labute approximate surface area is 208 Å². The molecule has 1 aliphatic carbocycles. The van der Waals surface area contributed by atoms with Crippen molar-refractivity contribution >= 4 is 17.6 Å². The van der Waals surface area contributed by atoms with Crippen LogP contribution in [-0.4, -0.2) is 33.8 Å². The van der Waals surface area contributed by atoms with Crippen LogP contribution < -0.4 is 0 Å². The first kappa shape index (κ1) is 26.5. The fraction of sp³-hybridized carbons (Fsp3) is 0.483. The van der Waals surface area contributed by atoms with Crippen molar-refractivity contribution in [2.24, 2.45) is 5.92 Å². The van der Waals surface area contributed by atoms with Gasteiger partial charge < -0.3 is 14.9 Å². The Morgan fingerprint density at radius 1 is 1.12 bits per heavy atom. The van der Waals surface area contributed by atoms with Gasteiger partial charge in [0.15, 0.2) is 0 Å². The van der Waals surface area contributed by atoms with Gasteiger partial charge in [0.1, 0.15) is 0 Å². The van der Waals surface area contributed by atoms with Gasteiger partial charge in [0.25, 0.3) is 0 Å². The van der Waals surface area contributed by atoms with Crippen molar-refractivity contribution in [3.8, 4) is 0 Å². The van der Waals surface area contributed by atoms with Gasteiger partial charge in [0, 0.05) is 24.1 Å². The van der Waals surface area contributed by atoms with Crippen LogP contribution in [-0.2, 0) is 16.0 Å². The van der Waals surface area contributed by atoms with E-state index in [1.165, 1.54) is 0 Å². The molecule has 0 radical (unpaired) electrons. The molecule has 0 bridgehead atoms. The lowest BCUT2D eigenvalue weighted by Crippen LogP contribution is -2.18. The number of esters is 1. The number of alkyl halides is 1. The van der Waals surface area contributed by atoms with Crippen molar-refractivity contribution < 1.29 is 19.7 Å². The van der Waals surface area contributed by atoms with E-state index in [1.807, 2.05) is 68.4 Å². The Morgan fingerprint density at radius 2 is 1.82 bits per heavy atom. The molecule has 34 heavy (non-hydrogen) atoms. The third-order valence-corrected chi connectivity index (χ3v) is 6.98. The summed E-state index contributed by atoms with van der Waals surface area (Å²) < 4.78 is 5.16. The van der Waals surface area contributed by atoms with Crippen LogP contribution in [0.1, 0.15) is 74.7 Å². The van der Waals surface area contributed by atoms with Crippen LogP contribution >= 0.6 is 11.6 Å². The van der Waals surface area contributed by atoms with Crippen LogP contribution in [0.5, 0.6) is 0 Å². The SMILES string of the molecule is CC(C)OC(=O)CCC/C=C\C[C@@H]1[C@@H](c2ccc(C(O)Cc3ccccc3)cc2)[C@H](O)C[C@@H]1Cl. The van der Waals surface area contributed by atoms with Crippen LogP contribution in [0, 0.1) is 5.92 Å². The molecule has 4 nitrogen and oxygen atoms in total. The number of halogens is 1. The van der Waals surface area contributed by atoms with Crippen LogP contribution in [0.3, 0.4) is 0 Å². The Kier molecular flexibility index (Phi) is 10.2. The van der Waals surface area contributed by atoms with E-state index in [0.717, 1.165) is 36.0 Å². The summed E-state index contributed by atoms with van der Waals surface area (Å²) in [5.41, 5.74) is 3.02. The second kappa shape index (κ2) is 13.1. The smallest absolute Gasteiger partial charge is 0.306 e. The molecule has 1 unspecified atom stereocenters. The molecule has 3 rings (SSSR count). The number of rotatable bonds is 11. The quantitative estimate of drug-likeness (QED) is 0.175. The Morgan fingerprint density at radius 3 is 2.50 bits per heavy atom. The van der Waals surface area contributed by atoms with Gasteiger partial charge in [-0.25, -0.2) is 0 Å². The molecule has 0 saturated heterocycles. The molecule has 0 aromatic heterocycles. The van der Waals surface area contributed by atoms with E-state index in [-0.39, 0.29) is 29.3 Å². The van der Waals surface area contributed by atoms with Crippen molar-refractivity contribution in [2.75, 3.05) is 0 Å². The highest BCUT2D eigenvalue weighted by Crippen LogP contribution is 2.45. The number of hydrogen-bond acceptors (Lipinski definition) is 4. The second-order valence-electron chi connectivity index (χ2n) is 9.52. The Hall–Kier alpha value is -2.14. The van der Waals surface area contributed by atoms with E-state index in [4.69, 9.17) is 16.3 Å². The molecular formula is C29H37ClO4. The minimum atomic E-state index is -0.567. The van der Waals surface area contributed by atoms with Crippen molar-refractivity contribution in [1.82, 2.24) is 0 Å². The number of benzene rings is 2. The fourth-order valence-electron chi connectivity index (χ4n) is 4.78. The number of carbonyl (C=O) groups excluding carboxylic acids is 1. The van der Waals surface area contributed by atoms with Crippen molar-refractivity contribution in [3.05, 3.63) is 83.4 Å².